The van der Waals surface area contributed by atoms with E-state index in [4.69, 9.17) is 4.42 Å². The second kappa shape index (κ2) is 8.64. The highest BCUT2D eigenvalue weighted by Gasteiger charge is 2.48. The molecule has 3 aromatic rings. The van der Waals surface area contributed by atoms with Crippen molar-refractivity contribution in [1.82, 2.24) is 10.6 Å². The lowest BCUT2D eigenvalue weighted by Crippen LogP contribution is -2.53. The number of benzene rings is 2. The summed E-state index contributed by atoms with van der Waals surface area (Å²) in [5.74, 6) is -0.866. The van der Waals surface area contributed by atoms with Crippen LogP contribution in [0.2, 0.25) is 0 Å². The molecule has 10 heteroatoms. The van der Waals surface area contributed by atoms with Gasteiger partial charge in [-0.2, -0.15) is 18.4 Å². The highest BCUT2D eigenvalue weighted by atomic mass is 19.4. The summed E-state index contributed by atoms with van der Waals surface area (Å²) < 4.78 is 62.7. The zero-order valence-corrected chi connectivity index (χ0v) is 19.0. The first-order chi connectivity index (χ1) is 16.3. The molecule has 2 atom stereocenters. The van der Waals surface area contributed by atoms with E-state index in [9.17, 15) is 32.4 Å². The van der Waals surface area contributed by atoms with E-state index in [0.29, 0.717) is 41.0 Å². The van der Waals surface area contributed by atoms with Crippen molar-refractivity contribution in [2.45, 2.75) is 62.6 Å². The Balaban J connectivity index is 1.70. The van der Waals surface area contributed by atoms with Gasteiger partial charge < -0.3 is 9.73 Å². The molecule has 1 unspecified atom stereocenters. The number of nitrogens with one attached hydrogen (secondary N) is 2. The number of furan rings is 1. The molecule has 0 aliphatic heterocycles. The molecule has 35 heavy (non-hydrogen) atoms. The summed E-state index contributed by atoms with van der Waals surface area (Å²) in [4.78, 5) is 23.9. The second-order valence-electron chi connectivity index (χ2n) is 9.53. The van der Waals surface area contributed by atoms with Crippen LogP contribution in [0.1, 0.15) is 55.1 Å². The molecule has 184 valence electrons. The number of carbonyl (C=O) groups excluding carboxylic acids is 2. The topological polar surface area (TPSA) is 95.1 Å². The van der Waals surface area contributed by atoms with E-state index in [1.807, 2.05) is 6.07 Å². The molecule has 1 saturated carbocycles. The van der Waals surface area contributed by atoms with Crippen LogP contribution in [0.4, 0.5) is 17.6 Å². The lowest BCUT2D eigenvalue weighted by atomic mass is 9.97. The summed E-state index contributed by atoms with van der Waals surface area (Å²) in [6, 6.07) is 6.70. The van der Waals surface area contributed by atoms with Gasteiger partial charge in [-0.05, 0) is 56.5 Å². The summed E-state index contributed by atoms with van der Waals surface area (Å²) in [6.45, 7) is 2.34. The summed E-state index contributed by atoms with van der Waals surface area (Å²) in [7, 11) is 0. The molecule has 1 heterocycles. The zero-order chi connectivity index (χ0) is 25.6. The van der Waals surface area contributed by atoms with Crippen LogP contribution in [0.3, 0.4) is 0 Å². The van der Waals surface area contributed by atoms with Crippen molar-refractivity contribution < 1.29 is 31.6 Å². The minimum atomic E-state index is -4.82. The monoisotopic (exact) mass is 489 g/mol. The normalized spacial score (nSPS) is 17.1. The number of fused-ring (bicyclic) bond motifs is 3. The number of hydrogen-bond donors (Lipinski definition) is 2. The van der Waals surface area contributed by atoms with Gasteiger partial charge in [0.25, 0.3) is 0 Å². The summed E-state index contributed by atoms with van der Waals surface area (Å²) in [5.41, 5.74) is -2.32. The molecule has 0 saturated heterocycles. The Morgan fingerprint density at radius 2 is 1.86 bits per heavy atom. The van der Waals surface area contributed by atoms with Crippen LogP contribution in [0.25, 0.3) is 21.9 Å². The molecular weight excluding hydrogens is 466 g/mol. The molecule has 1 aliphatic rings. The van der Waals surface area contributed by atoms with Crippen LogP contribution >= 0.6 is 0 Å². The van der Waals surface area contributed by atoms with E-state index in [-0.39, 0.29) is 11.1 Å². The fourth-order valence-corrected chi connectivity index (χ4v) is 4.07. The Morgan fingerprint density at radius 3 is 2.43 bits per heavy atom. The molecule has 6 nitrogen and oxygen atoms in total. The van der Waals surface area contributed by atoms with Gasteiger partial charge in [0, 0.05) is 22.8 Å². The maximum absolute atomic E-state index is 14.5. The van der Waals surface area contributed by atoms with Crippen LogP contribution in [0.5, 0.6) is 0 Å². The molecule has 2 aromatic carbocycles. The quantitative estimate of drug-likeness (QED) is 0.332. The fourth-order valence-electron chi connectivity index (χ4n) is 4.07. The van der Waals surface area contributed by atoms with E-state index in [0.717, 1.165) is 0 Å². The first-order valence-electron chi connectivity index (χ1n) is 11.0. The van der Waals surface area contributed by atoms with Crippen LogP contribution in [-0.2, 0) is 4.79 Å². The minimum Gasteiger partial charge on any atom is -0.456 e. The third-order valence-corrected chi connectivity index (χ3v) is 6.02. The van der Waals surface area contributed by atoms with Gasteiger partial charge in [0.05, 0.1) is 12.1 Å². The molecule has 0 radical (unpaired) electrons. The Labute approximate surface area is 198 Å². The van der Waals surface area contributed by atoms with Crippen molar-refractivity contribution in [2.24, 2.45) is 0 Å². The Hall–Kier alpha value is -3.45. The van der Waals surface area contributed by atoms with Crippen molar-refractivity contribution in [1.29, 1.82) is 5.26 Å². The third kappa shape index (κ3) is 5.30. The van der Waals surface area contributed by atoms with Crippen molar-refractivity contribution in [3.8, 4) is 6.07 Å². The average molecular weight is 489 g/mol. The van der Waals surface area contributed by atoms with E-state index < -0.39 is 41.8 Å². The summed E-state index contributed by atoms with van der Waals surface area (Å²) in [5, 5.41) is 15.1. The first kappa shape index (κ1) is 24.7. The maximum Gasteiger partial charge on any atom is 0.407 e. The highest BCUT2D eigenvalue weighted by molar-refractivity contribution is 6.06. The van der Waals surface area contributed by atoms with Gasteiger partial charge >= 0.3 is 6.18 Å². The average Bonchev–Trinajstić information content (AvgIpc) is 3.45. The molecule has 1 aliphatic carbocycles. The van der Waals surface area contributed by atoms with Gasteiger partial charge in [-0.3, -0.25) is 14.9 Å². The van der Waals surface area contributed by atoms with Gasteiger partial charge in [-0.15, -0.1) is 0 Å². The number of amides is 1. The lowest BCUT2D eigenvalue weighted by Gasteiger charge is -2.30. The number of carbonyl (C=O) groups is 2. The fraction of sp³-hybridized carbons (Fsp3) is 0.400. The Bertz CT molecular complexity index is 1330. The van der Waals surface area contributed by atoms with Gasteiger partial charge in [0.2, 0.25) is 5.91 Å². The van der Waals surface area contributed by atoms with Crippen molar-refractivity contribution in [3.63, 3.8) is 0 Å². The maximum atomic E-state index is 14.5. The number of aldehydes is 1. The van der Waals surface area contributed by atoms with Crippen molar-refractivity contribution >= 4 is 34.1 Å². The molecule has 2 N–H and O–H groups in total. The molecule has 4 rings (SSSR count). The third-order valence-electron chi connectivity index (χ3n) is 6.02. The van der Waals surface area contributed by atoms with Crippen LogP contribution < -0.4 is 10.6 Å². The largest absolute Gasteiger partial charge is 0.456 e. The molecule has 1 aromatic heterocycles. The van der Waals surface area contributed by atoms with Crippen LogP contribution in [0, 0.1) is 11.3 Å². The van der Waals surface area contributed by atoms with Gasteiger partial charge in [0.15, 0.2) is 0 Å². The van der Waals surface area contributed by atoms with Gasteiger partial charge in [-0.25, -0.2) is 4.39 Å². The SMILES string of the molecule is CC(C)(F)C[C@H](NC(c1ccc2c(c1)oc1ccc(C=O)cc12)C(F)(F)F)C(=O)NC1(C#N)CC1. The van der Waals surface area contributed by atoms with Gasteiger partial charge in [-0.1, -0.05) is 12.1 Å². The minimum absolute atomic E-state index is 0.171. The molecule has 0 bridgehead atoms. The first-order valence-corrected chi connectivity index (χ1v) is 11.0. The van der Waals surface area contributed by atoms with Crippen LogP contribution in [0.15, 0.2) is 40.8 Å². The summed E-state index contributed by atoms with van der Waals surface area (Å²) in [6.07, 6.45) is -3.92. The standard InChI is InChI=1S/C25H23F4N3O3/c1-23(2,26)11-18(22(34)32-24(13-30)7-8-24)31-21(25(27,28)29)15-4-5-16-17-9-14(12-33)3-6-19(17)35-20(16)10-15/h3-6,9-10,12,18,21,31H,7-8,11H2,1-2H3,(H,32,34)/t18-,21?/m0/s1. The number of alkyl halides is 4. The van der Waals surface area contributed by atoms with Crippen LogP contribution in [-0.4, -0.2) is 35.6 Å². The number of nitrogens with zero attached hydrogens (tertiary/aromatic N) is 1. The Morgan fingerprint density at radius 1 is 1.14 bits per heavy atom. The van der Waals surface area contributed by atoms with Crippen molar-refractivity contribution in [2.75, 3.05) is 0 Å². The van der Waals surface area contributed by atoms with Gasteiger partial charge in [0.1, 0.15) is 34.7 Å². The Kier molecular flexibility index (Phi) is 6.09. The summed E-state index contributed by atoms with van der Waals surface area (Å²) >= 11 is 0. The smallest absolute Gasteiger partial charge is 0.407 e. The van der Waals surface area contributed by atoms with E-state index in [2.05, 4.69) is 10.6 Å². The highest BCUT2D eigenvalue weighted by Crippen LogP contribution is 2.38. The van der Waals surface area contributed by atoms with E-state index in [1.54, 1.807) is 12.1 Å². The number of rotatable bonds is 8. The predicted octanol–water partition coefficient (Wildman–Crippen LogP) is 5.27. The molecule has 1 amide bonds. The van der Waals surface area contributed by atoms with E-state index in [1.165, 1.54) is 38.1 Å². The molecule has 0 spiro atoms. The predicted molar refractivity (Wildman–Crippen MR) is 120 cm³/mol. The van der Waals surface area contributed by atoms with Crippen molar-refractivity contribution in [3.05, 3.63) is 47.5 Å². The van der Waals surface area contributed by atoms with E-state index >= 15 is 0 Å². The lowest BCUT2D eigenvalue weighted by molar-refractivity contribution is -0.161. The number of nitriles is 1. The number of halogens is 4. The number of hydrogen-bond acceptors (Lipinski definition) is 5. The molecular formula is C25H23F4N3O3. The zero-order valence-electron chi connectivity index (χ0n) is 19.0. The molecule has 1 fully saturated rings. The second-order valence-corrected chi connectivity index (χ2v) is 9.53.